The average Bonchev–Trinajstić information content (AvgIpc) is 1.86. The lowest BCUT2D eigenvalue weighted by molar-refractivity contribution is 0.813. The largest absolute Gasteiger partial charge is 0.319 e. The zero-order valence-electron chi connectivity index (χ0n) is 3.68. The van der Waals surface area contributed by atoms with Gasteiger partial charge in [-0.3, -0.25) is 0 Å². The Kier molecular flexibility index (Phi) is 1.37. The molecular weight excluding hydrogens is 94.1 g/mol. The Morgan fingerprint density at radius 1 is 1.67 bits per heavy atom. The highest BCUT2D eigenvalue weighted by molar-refractivity contribution is 8.00. The van der Waals surface area contributed by atoms with Gasteiger partial charge in [-0.2, -0.15) is 0 Å². The summed E-state index contributed by atoms with van der Waals surface area (Å²) in [6.45, 7) is 0. The summed E-state index contributed by atoms with van der Waals surface area (Å²) in [6, 6.07) is 0. The molecule has 0 aromatic carbocycles. The maximum Gasteiger partial charge on any atom is 0.0507 e. The maximum atomic E-state index is 5.50. The first-order valence-electron chi connectivity index (χ1n) is 2.27. The van der Waals surface area contributed by atoms with Crippen LogP contribution in [0.15, 0.2) is 0 Å². The van der Waals surface area contributed by atoms with E-state index in [0.29, 0.717) is 5.37 Å². The summed E-state index contributed by atoms with van der Waals surface area (Å²) < 4.78 is 0. The molecule has 1 atom stereocenters. The minimum absolute atomic E-state index is 0.463. The van der Waals surface area contributed by atoms with E-state index in [1.165, 1.54) is 18.6 Å². The smallest absolute Gasteiger partial charge is 0.0507 e. The van der Waals surface area contributed by atoms with E-state index >= 15 is 0 Å². The Bertz CT molecular complexity index is 40.8. The molecule has 1 heterocycles. The van der Waals surface area contributed by atoms with Gasteiger partial charge in [-0.15, -0.1) is 11.8 Å². The Morgan fingerprint density at radius 3 is 2.67 bits per heavy atom. The Morgan fingerprint density at radius 2 is 2.50 bits per heavy atom. The Hall–Kier alpha value is 0.310. The number of thioether (sulfide) groups is 1. The third-order valence-electron chi connectivity index (χ3n) is 0.965. The van der Waals surface area contributed by atoms with Gasteiger partial charge in [-0.05, 0) is 18.6 Å². The van der Waals surface area contributed by atoms with Crippen molar-refractivity contribution in [1.82, 2.24) is 0 Å². The Balaban J connectivity index is 2.18. The molecule has 0 saturated carbocycles. The van der Waals surface area contributed by atoms with Crippen LogP contribution in [0.3, 0.4) is 0 Å². The molecule has 0 bridgehead atoms. The van der Waals surface area contributed by atoms with Gasteiger partial charge >= 0.3 is 0 Å². The van der Waals surface area contributed by atoms with Crippen LogP contribution in [0.4, 0.5) is 0 Å². The summed E-state index contributed by atoms with van der Waals surface area (Å²) >= 11 is 1.87. The third kappa shape index (κ3) is 0.884. The molecule has 0 aromatic rings. The van der Waals surface area contributed by atoms with Crippen LogP contribution >= 0.6 is 11.8 Å². The third-order valence-corrected chi connectivity index (χ3v) is 2.15. The molecule has 0 amide bonds. The predicted octanol–water partition coefficient (Wildman–Crippen LogP) is 0.798. The van der Waals surface area contributed by atoms with Crippen molar-refractivity contribution in [2.75, 3.05) is 5.75 Å². The summed E-state index contributed by atoms with van der Waals surface area (Å²) in [5.41, 5.74) is 5.50. The molecule has 36 valence electrons. The maximum absolute atomic E-state index is 5.50. The van der Waals surface area contributed by atoms with Gasteiger partial charge in [0, 0.05) is 0 Å². The normalized spacial score (nSPS) is 34.5. The lowest BCUT2D eigenvalue weighted by Gasteiger charge is -1.92. The molecule has 1 aliphatic heterocycles. The first-order chi connectivity index (χ1) is 2.89. The van der Waals surface area contributed by atoms with Crippen LogP contribution in [0.25, 0.3) is 0 Å². The molecule has 1 rings (SSSR count). The SMILES string of the molecule is N[C@@H]1CCCS1. The highest BCUT2D eigenvalue weighted by Gasteiger charge is 2.08. The zero-order valence-corrected chi connectivity index (χ0v) is 4.50. The number of rotatable bonds is 0. The van der Waals surface area contributed by atoms with Crippen molar-refractivity contribution in [2.24, 2.45) is 5.73 Å². The molecule has 1 fully saturated rings. The second kappa shape index (κ2) is 1.85. The first-order valence-corrected chi connectivity index (χ1v) is 3.31. The molecule has 1 aliphatic rings. The molecule has 0 aliphatic carbocycles. The fourth-order valence-electron chi connectivity index (χ4n) is 0.603. The summed E-state index contributed by atoms with van der Waals surface area (Å²) in [5, 5.41) is 0.463. The standard InChI is InChI=1S/C4H9NS/c5-4-2-1-3-6-4/h4H,1-3,5H2/t4-/m0/s1. The summed E-state index contributed by atoms with van der Waals surface area (Å²) in [5.74, 6) is 1.28. The predicted molar refractivity (Wildman–Crippen MR) is 29.7 cm³/mol. The van der Waals surface area contributed by atoms with Gasteiger partial charge in [0.25, 0.3) is 0 Å². The van der Waals surface area contributed by atoms with E-state index in [4.69, 9.17) is 5.73 Å². The molecular formula is C4H9NS. The summed E-state index contributed by atoms with van der Waals surface area (Å²) in [4.78, 5) is 0. The van der Waals surface area contributed by atoms with E-state index in [1.54, 1.807) is 0 Å². The van der Waals surface area contributed by atoms with Crippen LogP contribution in [-0.2, 0) is 0 Å². The molecule has 1 nitrogen and oxygen atoms in total. The summed E-state index contributed by atoms with van der Waals surface area (Å²) in [6.07, 6.45) is 2.55. The van der Waals surface area contributed by atoms with Gasteiger partial charge in [-0.25, -0.2) is 0 Å². The van der Waals surface area contributed by atoms with Crippen LogP contribution in [-0.4, -0.2) is 11.1 Å². The average molecular weight is 103 g/mol. The fourth-order valence-corrected chi connectivity index (χ4v) is 1.57. The lowest BCUT2D eigenvalue weighted by Crippen LogP contribution is -2.08. The van der Waals surface area contributed by atoms with Crippen molar-refractivity contribution in [1.29, 1.82) is 0 Å². The first kappa shape index (κ1) is 4.47. The quantitative estimate of drug-likeness (QED) is 0.490. The van der Waals surface area contributed by atoms with E-state index in [0.717, 1.165) is 0 Å². The van der Waals surface area contributed by atoms with Crippen LogP contribution in [0, 0.1) is 0 Å². The minimum atomic E-state index is 0.463. The van der Waals surface area contributed by atoms with Crippen molar-refractivity contribution in [3.63, 3.8) is 0 Å². The van der Waals surface area contributed by atoms with Crippen molar-refractivity contribution in [2.45, 2.75) is 18.2 Å². The summed E-state index contributed by atoms with van der Waals surface area (Å²) in [7, 11) is 0. The molecule has 2 N–H and O–H groups in total. The molecule has 0 unspecified atom stereocenters. The highest BCUT2D eigenvalue weighted by atomic mass is 32.2. The molecule has 1 saturated heterocycles. The van der Waals surface area contributed by atoms with Crippen LogP contribution in [0.5, 0.6) is 0 Å². The van der Waals surface area contributed by atoms with E-state index < -0.39 is 0 Å². The molecule has 2 heteroatoms. The fraction of sp³-hybridized carbons (Fsp3) is 1.00. The number of nitrogens with two attached hydrogens (primary N) is 1. The highest BCUT2D eigenvalue weighted by Crippen LogP contribution is 2.20. The molecule has 0 spiro atoms. The Labute approximate surface area is 42.3 Å². The van der Waals surface area contributed by atoms with Crippen LogP contribution in [0.2, 0.25) is 0 Å². The van der Waals surface area contributed by atoms with Gasteiger partial charge in [0.05, 0.1) is 5.37 Å². The second-order valence-corrected chi connectivity index (χ2v) is 2.90. The monoisotopic (exact) mass is 103 g/mol. The minimum Gasteiger partial charge on any atom is -0.319 e. The van der Waals surface area contributed by atoms with E-state index in [-0.39, 0.29) is 0 Å². The molecule has 0 aromatic heterocycles. The van der Waals surface area contributed by atoms with E-state index in [9.17, 15) is 0 Å². The molecule has 0 radical (unpaired) electrons. The lowest BCUT2D eigenvalue weighted by atomic mass is 10.3. The van der Waals surface area contributed by atoms with Crippen molar-refractivity contribution < 1.29 is 0 Å². The van der Waals surface area contributed by atoms with Crippen molar-refractivity contribution in [3.05, 3.63) is 0 Å². The van der Waals surface area contributed by atoms with Crippen LogP contribution in [0.1, 0.15) is 12.8 Å². The van der Waals surface area contributed by atoms with E-state index in [2.05, 4.69) is 0 Å². The van der Waals surface area contributed by atoms with Gasteiger partial charge in [-0.1, -0.05) is 0 Å². The van der Waals surface area contributed by atoms with Crippen molar-refractivity contribution in [3.8, 4) is 0 Å². The van der Waals surface area contributed by atoms with Gasteiger partial charge in [0.2, 0.25) is 0 Å². The topological polar surface area (TPSA) is 26.0 Å². The van der Waals surface area contributed by atoms with Crippen LogP contribution < -0.4 is 5.73 Å². The van der Waals surface area contributed by atoms with Gasteiger partial charge < -0.3 is 5.73 Å². The van der Waals surface area contributed by atoms with Crippen molar-refractivity contribution >= 4 is 11.8 Å². The number of hydrogen-bond donors (Lipinski definition) is 1. The zero-order chi connectivity index (χ0) is 4.41. The van der Waals surface area contributed by atoms with Gasteiger partial charge in [0.15, 0.2) is 0 Å². The molecule has 6 heavy (non-hydrogen) atoms. The number of hydrogen-bond acceptors (Lipinski definition) is 2. The van der Waals surface area contributed by atoms with E-state index in [1.807, 2.05) is 11.8 Å². The second-order valence-electron chi connectivity index (χ2n) is 1.55. The van der Waals surface area contributed by atoms with Gasteiger partial charge in [0.1, 0.15) is 0 Å².